The number of hydrogen-bond acceptors (Lipinski definition) is 3. The van der Waals surface area contributed by atoms with Gasteiger partial charge in [-0.3, -0.25) is 4.79 Å². The van der Waals surface area contributed by atoms with Crippen molar-refractivity contribution in [3.63, 3.8) is 0 Å². The SMILES string of the molecule is CCOc1ccccc1C(=O)C1CCCC(N)C1. The van der Waals surface area contributed by atoms with Crippen LogP contribution in [0.1, 0.15) is 43.0 Å². The summed E-state index contributed by atoms with van der Waals surface area (Å²) < 4.78 is 5.52. The molecule has 1 aromatic carbocycles. The first-order chi connectivity index (χ1) is 8.72. The molecule has 0 amide bonds. The van der Waals surface area contributed by atoms with Crippen molar-refractivity contribution in [1.29, 1.82) is 0 Å². The van der Waals surface area contributed by atoms with E-state index in [1.54, 1.807) is 0 Å². The molecular weight excluding hydrogens is 226 g/mol. The predicted molar refractivity (Wildman–Crippen MR) is 71.9 cm³/mol. The van der Waals surface area contributed by atoms with Crippen LogP contribution in [0.3, 0.4) is 0 Å². The Balaban J connectivity index is 2.17. The molecule has 2 rings (SSSR count). The third-order valence-electron chi connectivity index (χ3n) is 3.54. The van der Waals surface area contributed by atoms with Crippen LogP contribution in [0.4, 0.5) is 0 Å². The van der Waals surface area contributed by atoms with Gasteiger partial charge in [-0.15, -0.1) is 0 Å². The largest absolute Gasteiger partial charge is 0.493 e. The molecule has 1 saturated carbocycles. The number of carbonyl (C=O) groups excluding carboxylic acids is 1. The van der Waals surface area contributed by atoms with Crippen molar-refractivity contribution in [2.24, 2.45) is 11.7 Å². The van der Waals surface area contributed by atoms with Crippen LogP contribution < -0.4 is 10.5 Å². The molecule has 0 aromatic heterocycles. The molecule has 2 unspecified atom stereocenters. The summed E-state index contributed by atoms with van der Waals surface area (Å²) in [5.74, 6) is 0.953. The summed E-state index contributed by atoms with van der Waals surface area (Å²) in [6, 6.07) is 7.67. The number of benzene rings is 1. The van der Waals surface area contributed by atoms with Gasteiger partial charge in [0.15, 0.2) is 5.78 Å². The van der Waals surface area contributed by atoms with E-state index in [9.17, 15) is 4.79 Å². The summed E-state index contributed by atoms with van der Waals surface area (Å²) in [6.07, 6.45) is 3.84. The fourth-order valence-electron chi connectivity index (χ4n) is 2.64. The fraction of sp³-hybridized carbons (Fsp3) is 0.533. The van der Waals surface area contributed by atoms with Crippen LogP contribution in [0.15, 0.2) is 24.3 Å². The smallest absolute Gasteiger partial charge is 0.169 e. The van der Waals surface area contributed by atoms with E-state index in [0.29, 0.717) is 17.9 Å². The lowest BCUT2D eigenvalue weighted by Gasteiger charge is -2.26. The second-order valence-corrected chi connectivity index (χ2v) is 4.92. The molecule has 1 aromatic rings. The standard InChI is InChI=1S/C15H21NO2/c1-2-18-14-9-4-3-8-13(14)15(17)11-6-5-7-12(16)10-11/h3-4,8-9,11-12H,2,5-7,10,16H2,1H3. The van der Waals surface area contributed by atoms with Gasteiger partial charge >= 0.3 is 0 Å². The zero-order valence-electron chi connectivity index (χ0n) is 10.9. The minimum atomic E-state index is 0.0651. The summed E-state index contributed by atoms with van der Waals surface area (Å²) in [5, 5.41) is 0. The number of ketones is 1. The molecular formula is C15H21NO2. The first kappa shape index (κ1) is 13.1. The Hall–Kier alpha value is -1.35. The molecule has 1 aliphatic rings. The van der Waals surface area contributed by atoms with Crippen molar-refractivity contribution in [1.82, 2.24) is 0 Å². The molecule has 18 heavy (non-hydrogen) atoms. The molecule has 1 fully saturated rings. The monoisotopic (exact) mass is 247 g/mol. The van der Waals surface area contributed by atoms with Crippen molar-refractivity contribution >= 4 is 5.78 Å². The van der Waals surface area contributed by atoms with Gasteiger partial charge in [0.1, 0.15) is 5.75 Å². The van der Waals surface area contributed by atoms with Gasteiger partial charge < -0.3 is 10.5 Å². The average molecular weight is 247 g/mol. The highest BCUT2D eigenvalue weighted by Gasteiger charge is 2.27. The van der Waals surface area contributed by atoms with E-state index < -0.39 is 0 Å². The molecule has 98 valence electrons. The topological polar surface area (TPSA) is 52.3 Å². The van der Waals surface area contributed by atoms with E-state index in [1.165, 1.54) is 0 Å². The summed E-state index contributed by atoms with van der Waals surface area (Å²) in [5.41, 5.74) is 6.66. The van der Waals surface area contributed by atoms with Crippen LogP contribution >= 0.6 is 0 Å². The minimum absolute atomic E-state index is 0.0651. The van der Waals surface area contributed by atoms with Gasteiger partial charge in [-0.2, -0.15) is 0 Å². The summed E-state index contributed by atoms with van der Waals surface area (Å²) in [4.78, 5) is 12.5. The fourth-order valence-corrected chi connectivity index (χ4v) is 2.64. The average Bonchev–Trinajstić information content (AvgIpc) is 2.39. The molecule has 3 heteroatoms. The highest BCUT2D eigenvalue weighted by atomic mass is 16.5. The number of rotatable bonds is 4. The maximum atomic E-state index is 12.5. The lowest BCUT2D eigenvalue weighted by molar-refractivity contribution is 0.0877. The second-order valence-electron chi connectivity index (χ2n) is 4.92. The second kappa shape index (κ2) is 6.01. The van der Waals surface area contributed by atoms with Gasteiger partial charge in [0.05, 0.1) is 12.2 Å². The number of hydrogen-bond donors (Lipinski definition) is 1. The highest BCUT2D eigenvalue weighted by Crippen LogP contribution is 2.29. The Kier molecular flexibility index (Phi) is 4.37. The number of ether oxygens (including phenoxy) is 1. The Labute approximate surface area is 108 Å². The zero-order valence-corrected chi connectivity index (χ0v) is 10.9. The lowest BCUT2D eigenvalue weighted by Crippen LogP contribution is -2.31. The molecule has 1 aliphatic carbocycles. The lowest BCUT2D eigenvalue weighted by atomic mass is 9.81. The summed E-state index contributed by atoms with van der Waals surface area (Å²) in [7, 11) is 0. The van der Waals surface area contributed by atoms with Gasteiger partial charge in [0.2, 0.25) is 0 Å². The van der Waals surface area contributed by atoms with E-state index in [-0.39, 0.29) is 17.7 Å². The molecule has 0 spiro atoms. The summed E-state index contributed by atoms with van der Waals surface area (Å²) >= 11 is 0. The Bertz CT molecular complexity index is 417. The highest BCUT2D eigenvalue weighted by molar-refractivity contribution is 6.00. The Morgan fingerprint density at radius 3 is 2.89 bits per heavy atom. The van der Waals surface area contributed by atoms with Crippen LogP contribution in [-0.4, -0.2) is 18.4 Å². The van der Waals surface area contributed by atoms with Crippen LogP contribution in [0.25, 0.3) is 0 Å². The number of para-hydroxylation sites is 1. The molecule has 0 saturated heterocycles. The third-order valence-corrected chi connectivity index (χ3v) is 3.54. The predicted octanol–water partition coefficient (Wildman–Crippen LogP) is 2.79. The van der Waals surface area contributed by atoms with Crippen molar-refractivity contribution in [3.05, 3.63) is 29.8 Å². The first-order valence-corrected chi connectivity index (χ1v) is 6.74. The first-order valence-electron chi connectivity index (χ1n) is 6.74. The van der Waals surface area contributed by atoms with Gasteiger partial charge in [-0.1, -0.05) is 18.6 Å². The normalized spacial score (nSPS) is 23.7. The van der Waals surface area contributed by atoms with Crippen molar-refractivity contribution in [2.75, 3.05) is 6.61 Å². The van der Waals surface area contributed by atoms with E-state index in [4.69, 9.17) is 10.5 Å². The Morgan fingerprint density at radius 1 is 1.39 bits per heavy atom. The molecule has 0 aliphatic heterocycles. The van der Waals surface area contributed by atoms with Crippen molar-refractivity contribution in [2.45, 2.75) is 38.6 Å². The molecule has 0 radical (unpaired) electrons. The maximum absolute atomic E-state index is 12.5. The molecule has 2 N–H and O–H groups in total. The minimum Gasteiger partial charge on any atom is -0.493 e. The molecule has 3 nitrogen and oxygen atoms in total. The van der Waals surface area contributed by atoms with E-state index in [2.05, 4.69) is 0 Å². The van der Waals surface area contributed by atoms with Gasteiger partial charge in [-0.25, -0.2) is 0 Å². The molecule has 2 atom stereocenters. The summed E-state index contributed by atoms with van der Waals surface area (Å²) in [6.45, 7) is 2.51. The molecule has 0 heterocycles. The van der Waals surface area contributed by atoms with Gasteiger partial charge in [0, 0.05) is 12.0 Å². The third kappa shape index (κ3) is 2.91. The van der Waals surface area contributed by atoms with Gasteiger partial charge in [-0.05, 0) is 38.3 Å². The number of carbonyl (C=O) groups is 1. The number of Topliss-reactive ketones (excluding diaryl/α,β-unsaturated/α-hetero) is 1. The maximum Gasteiger partial charge on any atom is 0.169 e. The van der Waals surface area contributed by atoms with E-state index in [0.717, 1.165) is 25.7 Å². The van der Waals surface area contributed by atoms with Crippen molar-refractivity contribution in [3.8, 4) is 5.75 Å². The van der Waals surface area contributed by atoms with Crippen LogP contribution in [0, 0.1) is 5.92 Å². The van der Waals surface area contributed by atoms with Gasteiger partial charge in [0.25, 0.3) is 0 Å². The van der Waals surface area contributed by atoms with Crippen molar-refractivity contribution < 1.29 is 9.53 Å². The molecule has 0 bridgehead atoms. The quantitative estimate of drug-likeness (QED) is 0.832. The Morgan fingerprint density at radius 2 is 2.17 bits per heavy atom. The number of nitrogens with two attached hydrogens (primary N) is 1. The zero-order chi connectivity index (χ0) is 13.0. The van der Waals surface area contributed by atoms with Crippen LogP contribution in [0.5, 0.6) is 5.75 Å². The van der Waals surface area contributed by atoms with Crippen LogP contribution in [-0.2, 0) is 0 Å². The van der Waals surface area contributed by atoms with E-state index >= 15 is 0 Å². The van der Waals surface area contributed by atoms with Crippen LogP contribution in [0.2, 0.25) is 0 Å². The van der Waals surface area contributed by atoms with E-state index in [1.807, 2.05) is 31.2 Å².